The molecular weight excluding hydrogens is 549 g/mol. The summed E-state index contributed by atoms with van der Waals surface area (Å²) in [5.41, 5.74) is 3.36. The molecule has 0 spiro atoms. The number of aliphatic carboxylic acids is 1. The minimum Gasteiger partial charge on any atom is -0.481 e. The van der Waals surface area contributed by atoms with E-state index in [9.17, 15) is 9.59 Å². The number of hydrogen-bond donors (Lipinski definition) is 2. The van der Waals surface area contributed by atoms with Gasteiger partial charge in [0.15, 0.2) is 11.6 Å². The third kappa shape index (κ3) is 5.41. The van der Waals surface area contributed by atoms with Crippen LogP contribution >= 0.6 is 34.8 Å². The summed E-state index contributed by atoms with van der Waals surface area (Å²) >= 11 is 18.7. The van der Waals surface area contributed by atoms with Crippen LogP contribution in [0.2, 0.25) is 15.1 Å². The third-order valence-electron chi connectivity index (χ3n) is 5.93. The number of nitrogens with one attached hydrogen (secondary N) is 1. The number of carbonyl (C=O) groups is 2. The minimum absolute atomic E-state index is 0.0282. The maximum atomic E-state index is 12.6. The molecule has 0 radical (unpaired) electrons. The largest absolute Gasteiger partial charge is 0.481 e. The van der Waals surface area contributed by atoms with Crippen molar-refractivity contribution in [2.75, 3.05) is 6.54 Å². The normalized spacial score (nSPS) is 11.1. The van der Waals surface area contributed by atoms with Crippen molar-refractivity contribution >= 4 is 57.7 Å². The van der Waals surface area contributed by atoms with Crippen LogP contribution in [0, 0.1) is 0 Å². The Kier molecular flexibility index (Phi) is 7.42. The number of furan rings is 1. The van der Waals surface area contributed by atoms with Gasteiger partial charge < -0.3 is 19.4 Å². The van der Waals surface area contributed by atoms with Crippen molar-refractivity contribution in [3.05, 3.63) is 99.0 Å². The number of benzene rings is 3. The van der Waals surface area contributed by atoms with Crippen molar-refractivity contribution < 1.29 is 19.1 Å². The lowest BCUT2D eigenvalue weighted by Crippen LogP contribution is -2.25. The Morgan fingerprint density at radius 3 is 2.45 bits per heavy atom. The third-order valence-corrected chi connectivity index (χ3v) is 6.99. The Morgan fingerprint density at radius 2 is 1.68 bits per heavy atom. The Labute approximate surface area is 232 Å². The highest BCUT2D eigenvalue weighted by Gasteiger charge is 2.19. The lowest BCUT2D eigenvalue weighted by Gasteiger charge is -2.10. The van der Waals surface area contributed by atoms with Gasteiger partial charge in [-0.05, 0) is 60.2 Å². The van der Waals surface area contributed by atoms with Gasteiger partial charge in [0.2, 0.25) is 0 Å². The van der Waals surface area contributed by atoms with E-state index in [4.69, 9.17) is 49.3 Å². The van der Waals surface area contributed by atoms with Gasteiger partial charge in [0.1, 0.15) is 5.76 Å². The van der Waals surface area contributed by atoms with Crippen LogP contribution in [0.15, 0.2) is 77.2 Å². The predicted octanol–water partition coefficient (Wildman–Crippen LogP) is 7.18. The number of imidazole rings is 1. The molecule has 2 aromatic heterocycles. The molecule has 0 saturated carbocycles. The summed E-state index contributed by atoms with van der Waals surface area (Å²) in [7, 11) is 0. The first kappa shape index (κ1) is 25.9. The van der Waals surface area contributed by atoms with E-state index in [1.54, 1.807) is 36.4 Å². The molecule has 7 nitrogen and oxygen atoms in total. The number of aromatic nitrogens is 2. The first-order valence-corrected chi connectivity index (χ1v) is 12.7. The topological polar surface area (TPSA) is 97.4 Å². The summed E-state index contributed by atoms with van der Waals surface area (Å²) in [6.07, 6.45) is -0.164. The van der Waals surface area contributed by atoms with E-state index in [1.807, 2.05) is 41.0 Å². The van der Waals surface area contributed by atoms with Gasteiger partial charge in [-0.15, -0.1) is 0 Å². The zero-order valence-electron chi connectivity index (χ0n) is 19.7. The molecule has 0 atom stereocenters. The highest BCUT2D eigenvalue weighted by molar-refractivity contribution is 6.42. The molecule has 0 aliphatic carbocycles. The van der Waals surface area contributed by atoms with Crippen molar-refractivity contribution in [3.8, 4) is 22.9 Å². The molecule has 38 heavy (non-hydrogen) atoms. The molecule has 3 aromatic carbocycles. The van der Waals surface area contributed by atoms with Crippen molar-refractivity contribution in [1.29, 1.82) is 0 Å². The summed E-state index contributed by atoms with van der Waals surface area (Å²) in [6.45, 7) is 0.440. The van der Waals surface area contributed by atoms with Crippen LogP contribution in [0.25, 0.3) is 33.9 Å². The number of fused-ring (bicyclic) bond motifs is 1. The first-order chi connectivity index (χ1) is 18.3. The number of amides is 1. The molecule has 5 aromatic rings. The molecule has 0 unspecified atom stereocenters. The molecule has 2 heterocycles. The number of carboxylic acids is 1. The minimum atomic E-state index is -0.985. The van der Waals surface area contributed by atoms with Gasteiger partial charge in [-0.2, -0.15) is 0 Å². The van der Waals surface area contributed by atoms with E-state index in [-0.39, 0.29) is 18.9 Å². The number of hydrogen-bond acceptors (Lipinski definition) is 4. The van der Waals surface area contributed by atoms with Crippen LogP contribution in [0.4, 0.5) is 0 Å². The zero-order chi connectivity index (χ0) is 26.8. The lowest BCUT2D eigenvalue weighted by atomic mass is 10.1. The Morgan fingerprint density at radius 1 is 0.895 bits per heavy atom. The van der Waals surface area contributed by atoms with E-state index >= 15 is 0 Å². The highest BCUT2D eigenvalue weighted by atomic mass is 35.5. The molecule has 0 saturated heterocycles. The van der Waals surface area contributed by atoms with E-state index in [1.165, 1.54) is 0 Å². The van der Waals surface area contributed by atoms with Gasteiger partial charge in [0.25, 0.3) is 5.91 Å². The molecule has 2 N–H and O–H groups in total. The quantitative estimate of drug-likeness (QED) is 0.207. The summed E-state index contributed by atoms with van der Waals surface area (Å²) < 4.78 is 8.16. The van der Waals surface area contributed by atoms with Crippen molar-refractivity contribution in [1.82, 2.24) is 14.9 Å². The first-order valence-electron chi connectivity index (χ1n) is 11.6. The van der Waals surface area contributed by atoms with E-state index in [0.29, 0.717) is 50.0 Å². The molecule has 5 rings (SSSR count). The smallest absolute Gasteiger partial charge is 0.305 e. The Hall–Kier alpha value is -3.78. The Balaban J connectivity index is 1.56. The van der Waals surface area contributed by atoms with Crippen LogP contribution in [0.5, 0.6) is 0 Å². The summed E-state index contributed by atoms with van der Waals surface area (Å²) in [6, 6.07) is 21.6. The van der Waals surface area contributed by atoms with Crippen LogP contribution in [-0.2, 0) is 11.3 Å². The fraction of sp³-hybridized carbons (Fsp3) is 0.107. The van der Waals surface area contributed by atoms with Crippen molar-refractivity contribution in [2.24, 2.45) is 0 Å². The highest BCUT2D eigenvalue weighted by Crippen LogP contribution is 2.34. The number of halogens is 3. The van der Waals surface area contributed by atoms with Crippen LogP contribution < -0.4 is 5.32 Å². The maximum Gasteiger partial charge on any atom is 0.305 e. The number of nitrogens with zero attached hydrogens (tertiary/aromatic N) is 2. The van der Waals surface area contributed by atoms with Gasteiger partial charge in [0.05, 0.1) is 32.5 Å². The van der Waals surface area contributed by atoms with Gasteiger partial charge in [-0.1, -0.05) is 53.0 Å². The molecule has 0 bridgehead atoms. The molecule has 10 heteroatoms. The van der Waals surface area contributed by atoms with E-state index < -0.39 is 5.97 Å². The molecule has 0 aliphatic rings. The monoisotopic (exact) mass is 567 g/mol. The second kappa shape index (κ2) is 10.9. The Bertz CT molecular complexity index is 1680. The molecular formula is C28H20Cl3N3O4. The number of carboxylic acid groups (broad SMARTS) is 1. The fourth-order valence-corrected chi connectivity index (χ4v) is 4.64. The summed E-state index contributed by atoms with van der Waals surface area (Å²) in [5, 5.41) is 12.9. The molecule has 192 valence electrons. The van der Waals surface area contributed by atoms with Gasteiger partial charge in [-0.3, -0.25) is 9.59 Å². The number of rotatable bonds is 8. The van der Waals surface area contributed by atoms with Crippen LogP contribution in [0.1, 0.15) is 22.3 Å². The maximum absolute atomic E-state index is 12.6. The van der Waals surface area contributed by atoms with E-state index in [2.05, 4.69) is 5.32 Å². The fourth-order valence-electron chi connectivity index (χ4n) is 4.09. The van der Waals surface area contributed by atoms with Gasteiger partial charge in [-0.25, -0.2) is 4.98 Å². The van der Waals surface area contributed by atoms with Crippen LogP contribution in [-0.4, -0.2) is 33.1 Å². The average Bonchev–Trinajstić information content (AvgIpc) is 3.51. The van der Waals surface area contributed by atoms with Crippen molar-refractivity contribution in [2.45, 2.75) is 13.0 Å². The van der Waals surface area contributed by atoms with E-state index in [0.717, 1.165) is 16.6 Å². The zero-order valence-corrected chi connectivity index (χ0v) is 22.0. The SMILES string of the molecule is O=C(O)CCNC(=O)c1ccc2c(c1)nc(-c1ccc(-c3ccccc3Cl)o1)n2Cc1ccc(Cl)c(Cl)c1. The molecule has 0 aliphatic heterocycles. The van der Waals surface area contributed by atoms with Gasteiger partial charge in [0, 0.05) is 24.2 Å². The molecule has 1 amide bonds. The predicted molar refractivity (Wildman–Crippen MR) is 148 cm³/mol. The average molecular weight is 569 g/mol. The van der Waals surface area contributed by atoms with Crippen molar-refractivity contribution in [3.63, 3.8) is 0 Å². The second-order valence-corrected chi connectivity index (χ2v) is 9.74. The lowest BCUT2D eigenvalue weighted by molar-refractivity contribution is -0.136. The van der Waals surface area contributed by atoms with Gasteiger partial charge >= 0.3 is 5.97 Å². The van der Waals surface area contributed by atoms with Crippen LogP contribution in [0.3, 0.4) is 0 Å². The molecule has 0 fully saturated rings. The number of carbonyl (C=O) groups excluding carboxylic acids is 1. The second-order valence-electron chi connectivity index (χ2n) is 8.52. The standard InChI is InChI=1S/C28H20Cl3N3O4/c29-19-4-2-1-3-18(19)24-9-10-25(38-24)27-33-22-14-17(28(37)32-12-11-26(35)36)6-8-23(22)34(27)15-16-5-7-20(30)21(31)13-16/h1-10,13-14H,11-12,15H2,(H,32,37)(H,35,36). The summed E-state index contributed by atoms with van der Waals surface area (Å²) in [4.78, 5) is 28.2. The summed E-state index contributed by atoms with van der Waals surface area (Å²) in [5.74, 6) is 0.294.